The zero-order chi connectivity index (χ0) is 26.0. The Morgan fingerprint density at radius 1 is 1.08 bits per heavy atom. The lowest BCUT2D eigenvalue weighted by Crippen LogP contribution is -2.37. The van der Waals surface area contributed by atoms with Crippen molar-refractivity contribution < 1.29 is 4.79 Å². The predicted molar refractivity (Wildman–Crippen MR) is 145 cm³/mol. The van der Waals surface area contributed by atoms with Gasteiger partial charge in [0, 0.05) is 34.9 Å². The molecule has 0 fully saturated rings. The van der Waals surface area contributed by atoms with Crippen LogP contribution in [0.1, 0.15) is 25.0 Å². The maximum Gasteiger partial charge on any atom is 0.263 e. The van der Waals surface area contributed by atoms with Crippen LogP contribution in [0.5, 0.6) is 0 Å². The molecule has 2 heterocycles. The Balaban J connectivity index is 1.89. The Hall–Kier alpha value is -3.55. The van der Waals surface area contributed by atoms with E-state index in [1.54, 1.807) is 12.3 Å². The highest BCUT2D eigenvalue weighted by Gasteiger charge is 2.18. The van der Waals surface area contributed by atoms with Gasteiger partial charge in [-0.2, -0.15) is 0 Å². The quantitative estimate of drug-likeness (QED) is 0.396. The van der Waals surface area contributed by atoms with E-state index in [1.165, 1.54) is 4.57 Å². The minimum atomic E-state index is -0.319. The van der Waals surface area contributed by atoms with Crippen LogP contribution in [0.25, 0.3) is 33.5 Å². The lowest BCUT2D eigenvalue weighted by molar-refractivity contribution is -0.122. The number of fused-ring (bicyclic) bond motifs is 1. The fourth-order valence-corrected chi connectivity index (χ4v) is 4.46. The molecule has 7 nitrogen and oxygen atoms in total. The number of benzene rings is 2. The van der Waals surface area contributed by atoms with Gasteiger partial charge in [-0.1, -0.05) is 35.4 Å². The van der Waals surface area contributed by atoms with Crippen molar-refractivity contribution in [1.29, 1.82) is 0 Å². The lowest BCUT2D eigenvalue weighted by Gasteiger charge is -2.15. The Morgan fingerprint density at radius 3 is 2.56 bits per heavy atom. The first-order valence-corrected chi connectivity index (χ1v) is 12.2. The van der Waals surface area contributed by atoms with Crippen LogP contribution in [0, 0.1) is 6.92 Å². The normalized spacial score (nSPS) is 11.4. The molecular formula is C28H30ClN5O2. The number of nitrogens with zero attached hydrogens (tertiary/aromatic N) is 4. The van der Waals surface area contributed by atoms with E-state index >= 15 is 0 Å². The Labute approximate surface area is 215 Å². The molecule has 0 spiro atoms. The average molecular weight is 504 g/mol. The molecule has 0 aliphatic rings. The number of aryl methyl sites for hydroxylation is 1. The molecule has 0 aliphatic carbocycles. The Bertz CT molecular complexity index is 1490. The van der Waals surface area contributed by atoms with Gasteiger partial charge in [0.05, 0.1) is 5.39 Å². The van der Waals surface area contributed by atoms with E-state index < -0.39 is 0 Å². The number of amides is 1. The molecule has 0 aliphatic heterocycles. The number of halogens is 1. The summed E-state index contributed by atoms with van der Waals surface area (Å²) in [5.74, 6) is 0.154. The van der Waals surface area contributed by atoms with Gasteiger partial charge in [-0.25, -0.2) is 9.97 Å². The monoisotopic (exact) mass is 503 g/mol. The number of carbonyl (C=O) groups excluding carboxylic acids is 1. The van der Waals surface area contributed by atoms with Gasteiger partial charge in [0.1, 0.15) is 12.4 Å². The minimum Gasteiger partial charge on any atom is -0.352 e. The first kappa shape index (κ1) is 25.5. The number of hydrogen-bond acceptors (Lipinski definition) is 5. The molecule has 4 aromatic rings. The maximum absolute atomic E-state index is 13.8. The van der Waals surface area contributed by atoms with E-state index in [4.69, 9.17) is 16.6 Å². The van der Waals surface area contributed by atoms with E-state index in [2.05, 4.69) is 15.2 Å². The lowest BCUT2D eigenvalue weighted by atomic mass is 10.0. The summed E-state index contributed by atoms with van der Waals surface area (Å²) < 4.78 is 1.43. The largest absolute Gasteiger partial charge is 0.352 e. The van der Waals surface area contributed by atoms with Crippen molar-refractivity contribution in [3.63, 3.8) is 0 Å². The van der Waals surface area contributed by atoms with Gasteiger partial charge in [0.25, 0.3) is 5.56 Å². The summed E-state index contributed by atoms with van der Waals surface area (Å²) in [6, 6.07) is 15.2. The van der Waals surface area contributed by atoms with Gasteiger partial charge in [0.15, 0.2) is 5.65 Å². The van der Waals surface area contributed by atoms with Gasteiger partial charge >= 0.3 is 0 Å². The number of aromatic nitrogens is 3. The van der Waals surface area contributed by atoms with Crippen LogP contribution in [0.3, 0.4) is 0 Å². The van der Waals surface area contributed by atoms with Crippen LogP contribution >= 0.6 is 11.6 Å². The van der Waals surface area contributed by atoms with Crippen molar-refractivity contribution in [2.24, 2.45) is 0 Å². The number of rotatable bonds is 7. The molecule has 0 unspecified atom stereocenters. The fourth-order valence-electron chi connectivity index (χ4n) is 4.20. The first-order valence-electron chi connectivity index (χ1n) is 11.8. The molecule has 0 atom stereocenters. The second-order valence-corrected chi connectivity index (χ2v) is 10.0. The van der Waals surface area contributed by atoms with Gasteiger partial charge in [-0.15, -0.1) is 0 Å². The summed E-state index contributed by atoms with van der Waals surface area (Å²) in [4.78, 5) is 37.8. The molecule has 0 bridgehead atoms. The second kappa shape index (κ2) is 10.6. The summed E-state index contributed by atoms with van der Waals surface area (Å²) in [5.41, 5.74) is 4.46. The summed E-state index contributed by atoms with van der Waals surface area (Å²) >= 11 is 6.40. The summed E-state index contributed by atoms with van der Waals surface area (Å²) in [6.45, 7) is 6.32. The van der Waals surface area contributed by atoms with Crippen molar-refractivity contribution in [1.82, 2.24) is 24.8 Å². The summed E-state index contributed by atoms with van der Waals surface area (Å²) in [6.07, 6.45) is 1.70. The molecule has 8 heteroatoms. The molecule has 1 N–H and O–H groups in total. The summed E-state index contributed by atoms with van der Waals surface area (Å²) in [7, 11) is 3.99. The molecule has 36 heavy (non-hydrogen) atoms. The van der Waals surface area contributed by atoms with Crippen molar-refractivity contribution in [3.8, 4) is 22.5 Å². The Morgan fingerprint density at radius 2 is 1.86 bits per heavy atom. The predicted octanol–water partition coefficient (Wildman–Crippen LogP) is 4.67. The molecule has 1 amide bonds. The summed E-state index contributed by atoms with van der Waals surface area (Å²) in [5, 5.41) is 3.82. The SMILES string of the molecule is Cc1cccc(-c2nc3ncc(-c4cc(Cl)cc(CN(C)C)c4)cc3c(=O)n2CC(=O)NC(C)C)c1. The van der Waals surface area contributed by atoms with Crippen LogP contribution in [0.15, 0.2) is 59.5 Å². The minimum absolute atomic E-state index is 0.0449. The third kappa shape index (κ3) is 5.80. The van der Waals surface area contributed by atoms with E-state index in [-0.39, 0.29) is 24.1 Å². The third-order valence-corrected chi connectivity index (χ3v) is 5.85. The number of nitrogens with one attached hydrogen (secondary N) is 1. The van der Waals surface area contributed by atoms with Crippen molar-refractivity contribution >= 4 is 28.5 Å². The second-order valence-electron chi connectivity index (χ2n) is 9.60. The van der Waals surface area contributed by atoms with E-state index in [0.717, 1.165) is 34.4 Å². The zero-order valence-electron chi connectivity index (χ0n) is 21.2. The van der Waals surface area contributed by atoms with Gasteiger partial charge in [0.2, 0.25) is 5.91 Å². The third-order valence-electron chi connectivity index (χ3n) is 5.63. The van der Waals surface area contributed by atoms with Crippen molar-refractivity contribution in [3.05, 3.63) is 81.2 Å². The van der Waals surface area contributed by atoms with Crippen LogP contribution in [0.2, 0.25) is 5.02 Å². The zero-order valence-corrected chi connectivity index (χ0v) is 21.9. The topological polar surface area (TPSA) is 80.1 Å². The molecule has 186 valence electrons. The molecular weight excluding hydrogens is 474 g/mol. The van der Waals surface area contributed by atoms with Gasteiger partial charge in [-0.05, 0) is 76.3 Å². The van der Waals surface area contributed by atoms with Crippen LogP contribution in [-0.2, 0) is 17.9 Å². The Kier molecular flexibility index (Phi) is 7.52. The average Bonchev–Trinajstić information content (AvgIpc) is 2.79. The molecule has 2 aromatic carbocycles. The van der Waals surface area contributed by atoms with Gasteiger partial charge < -0.3 is 10.2 Å². The van der Waals surface area contributed by atoms with Crippen molar-refractivity contribution in [2.75, 3.05) is 14.1 Å². The highest BCUT2D eigenvalue weighted by atomic mass is 35.5. The fraction of sp³-hybridized carbons (Fsp3) is 0.286. The number of hydrogen-bond donors (Lipinski definition) is 1. The van der Waals surface area contributed by atoms with Crippen LogP contribution in [-0.4, -0.2) is 45.5 Å². The number of carbonyl (C=O) groups is 1. The van der Waals surface area contributed by atoms with Crippen LogP contribution in [0.4, 0.5) is 0 Å². The molecule has 4 rings (SSSR count). The maximum atomic E-state index is 13.8. The molecule has 0 radical (unpaired) electrons. The smallest absolute Gasteiger partial charge is 0.263 e. The molecule has 0 saturated carbocycles. The van der Waals surface area contributed by atoms with Gasteiger partial charge in [-0.3, -0.25) is 14.2 Å². The van der Waals surface area contributed by atoms with Crippen molar-refractivity contribution in [2.45, 2.75) is 39.9 Å². The molecule has 0 saturated heterocycles. The van der Waals surface area contributed by atoms with Crippen LogP contribution < -0.4 is 10.9 Å². The highest BCUT2D eigenvalue weighted by Crippen LogP contribution is 2.27. The standard InChI is InChI=1S/C28H30ClN5O2/c1-17(2)31-25(35)16-34-27(20-8-6-7-18(3)9-20)32-26-24(28(34)36)13-22(14-30-26)21-10-19(15-33(4)5)11-23(29)12-21/h6-14,17H,15-16H2,1-5H3,(H,31,35). The molecule has 2 aromatic heterocycles. The van der Waals surface area contributed by atoms with E-state index in [1.807, 2.05) is 77.3 Å². The first-order chi connectivity index (χ1) is 17.1. The van der Waals surface area contributed by atoms with E-state index in [9.17, 15) is 9.59 Å². The highest BCUT2D eigenvalue weighted by molar-refractivity contribution is 6.31. The number of pyridine rings is 1. The van der Waals surface area contributed by atoms with E-state index in [0.29, 0.717) is 21.9 Å².